The van der Waals surface area contributed by atoms with Crippen molar-refractivity contribution in [2.75, 3.05) is 18.4 Å². The van der Waals surface area contributed by atoms with Gasteiger partial charge in [0.2, 0.25) is 0 Å². The summed E-state index contributed by atoms with van der Waals surface area (Å²) >= 11 is 7.16. The molecule has 3 aromatic rings. The van der Waals surface area contributed by atoms with Crippen LogP contribution in [0.15, 0.2) is 24.3 Å². The third kappa shape index (κ3) is 5.30. The second-order valence-electron chi connectivity index (χ2n) is 8.52. The van der Waals surface area contributed by atoms with Gasteiger partial charge in [-0.15, -0.1) is 0 Å². The van der Waals surface area contributed by atoms with E-state index in [4.69, 9.17) is 16.3 Å². The zero-order chi connectivity index (χ0) is 24.8. The molecule has 1 aliphatic rings. The molecule has 0 spiro atoms. The topological polar surface area (TPSA) is 74.7 Å². The quantitative estimate of drug-likeness (QED) is 0.458. The summed E-state index contributed by atoms with van der Waals surface area (Å²) in [6.45, 7) is 7.19. The lowest BCUT2D eigenvalue weighted by atomic mass is 10.1. The van der Waals surface area contributed by atoms with E-state index in [0.717, 1.165) is 23.5 Å². The van der Waals surface area contributed by atoms with Gasteiger partial charge < -0.3 is 9.84 Å². The summed E-state index contributed by atoms with van der Waals surface area (Å²) in [5.74, 6) is -0.858. The number of phenols is 1. The number of nitrogens with zero attached hydrogens (tertiary/aromatic N) is 2. The van der Waals surface area contributed by atoms with Crippen molar-refractivity contribution in [3.8, 4) is 5.75 Å². The Morgan fingerprint density at radius 3 is 2.59 bits per heavy atom. The number of morpholine rings is 1. The number of carbonyl (C=O) groups excluding carboxylic acids is 1. The summed E-state index contributed by atoms with van der Waals surface area (Å²) in [6.07, 6.45) is -4.41. The van der Waals surface area contributed by atoms with Gasteiger partial charge in [-0.25, -0.2) is 4.98 Å². The number of benzene rings is 2. The van der Waals surface area contributed by atoms with Crippen molar-refractivity contribution < 1.29 is 27.8 Å². The molecule has 1 amide bonds. The summed E-state index contributed by atoms with van der Waals surface area (Å²) in [5.41, 5.74) is 0.406. The fraction of sp³-hybridized carbons (Fsp3) is 0.391. The lowest BCUT2D eigenvalue weighted by Crippen LogP contribution is -2.44. The number of aromatic hydroxyl groups is 1. The number of alkyl halides is 3. The van der Waals surface area contributed by atoms with Crippen LogP contribution in [0.2, 0.25) is 5.02 Å². The van der Waals surface area contributed by atoms with E-state index in [1.807, 2.05) is 13.8 Å². The van der Waals surface area contributed by atoms with Crippen LogP contribution in [0.25, 0.3) is 10.2 Å². The molecular formula is C23H23ClF3N3O3S. The fourth-order valence-electron chi connectivity index (χ4n) is 4.18. The molecule has 1 aromatic heterocycles. The van der Waals surface area contributed by atoms with Gasteiger partial charge in [0.25, 0.3) is 5.91 Å². The van der Waals surface area contributed by atoms with Gasteiger partial charge in [0, 0.05) is 30.2 Å². The van der Waals surface area contributed by atoms with E-state index in [9.17, 15) is 23.1 Å². The Hall–Kier alpha value is -2.40. The molecule has 34 heavy (non-hydrogen) atoms. The van der Waals surface area contributed by atoms with Gasteiger partial charge in [0.1, 0.15) is 5.75 Å². The van der Waals surface area contributed by atoms with Crippen LogP contribution in [0.1, 0.15) is 40.9 Å². The van der Waals surface area contributed by atoms with Crippen molar-refractivity contribution in [2.45, 2.75) is 45.7 Å². The van der Waals surface area contributed by atoms with E-state index >= 15 is 0 Å². The largest absolute Gasteiger partial charge is 0.507 e. The van der Waals surface area contributed by atoms with Crippen LogP contribution >= 0.6 is 22.9 Å². The Morgan fingerprint density at radius 1 is 1.26 bits per heavy atom. The molecule has 0 saturated carbocycles. The summed E-state index contributed by atoms with van der Waals surface area (Å²) in [5, 5.41) is 13.8. The molecule has 182 valence electrons. The average Bonchev–Trinajstić information content (AvgIpc) is 3.12. The van der Waals surface area contributed by atoms with Crippen LogP contribution in [-0.4, -0.2) is 46.2 Å². The third-order valence-electron chi connectivity index (χ3n) is 5.52. The average molecular weight is 514 g/mol. The number of thiazole rings is 1. The first-order chi connectivity index (χ1) is 15.9. The van der Waals surface area contributed by atoms with E-state index in [-0.39, 0.29) is 33.7 Å². The number of halogens is 4. The van der Waals surface area contributed by atoms with Crippen molar-refractivity contribution in [2.24, 2.45) is 0 Å². The van der Waals surface area contributed by atoms with Crippen molar-refractivity contribution in [3.63, 3.8) is 0 Å². The maximum absolute atomic E-state index is 13.1. The van der Waals surface area contributed by atoms with Crippen LogP contribution in [-0.2, 0) is 17.5 Å². The minimum absolute atomic E-state index is 0.0354. The van der Waals surface area contributed by atoms with Crippen LogP contribution < -0.4 is 5.32 Å². The standard InChI is InChI=1S/C23H23ClF3N3O3S/c1-11-4-15(23(25,26)27)6-18-19(11)28-22(34-18)29-21(32)17-7-16(24)5-14(20(17)31)10-30-8-12(2)33-13(3)9-30/h4-7,12-13,31H,8-10H2,1-3H3,(H,28,29,32)/t12-,13?/m0/s1. The Balaban J connectivity index is 1.58. The first-order valence-corrected chi connectivity index (χ1v) is 11.8. The molecule has 2 heterocycles. The van der Waals surface area contributed by atoms with Gasteiger partial charge in [-0.05, 0) is 50.6 Å². The molecule has 2 atom stereocenters. The summed E-state index contributed by atoms with van der Waals surface area (Å²) in [4.78, 5) is 19.3. The van der Waals surface area contributed by atoms with Crippen LogP contribution in [0.3, 0.4) is 0 Å². The molecule has 0 bridgehead atoms. The number of aromatic nitrogens is 1. The number of ether oxygens (including phenoxy) is 1. The smallest absolute Gasteiger partial charge is 0.416 e. The molecule has 4 rings (SSSR count). The number of hydrogen-bond donors (Lipinski definition) is 2. The van der Waals surface area contributed by atoms with Crippen LogP contribution in [0.5, 0.6) is 5.75 Å². The second-order valence-corrected chi connectivity index (χ2v) is 9.99. The van der Waals surface area contributed by atoms with E-state index in [2.05, 4.69) is 15.2 Å². The van der Waals surface area contributed by atoms with Crippen molar-refractivity contribution >= 4 is 44.2 Å². The maximum atomic E-state index is 13.1. The fourth-order valence-corrected chi connectivity index (χ4v) is 5.40. The number of fused-ring (bicyclic) bond motifs is 1. The van der Waals surface area contributed by atoms with Gasteiger partial charge in [0.05, 0.1) is 33.6 Å². The first kappa shape index (κ1) is 24.7. The predicted molar refractivity (Wildman–Crippen MR) is 126 cm³/mol. The molecule has 2 N–H and O–H groups in total. The highest BCUT2D eigenvalue weighted by Gasteiger charge is 2.31. The molecule has 11 heteroatoms. The minimum Gasteiger partial charge on any atom is -0.507 e. The van der Waals surface area contributed by atoms with Crippen LogP contribution in [0, 0.1) is 6.92 Å². The Kier molecular flexibility index (Phi) is 6.78. The number of amides is 1. The SMILES string of the molecule is Cc1cc(C(F)(F)F)cc2sc(NC(=O)c3cc(Cl)cc(CN4CC(C)O[C@@H](C)C4)c3O)nc12. The number of phenolic OH excluding ortho intramolecular Hbond substituents is 1. The first-order valence-electron chi connectivity index (χ1n) is 10.6. The van der Waals surface area contributed by atoms with E-state index in [1.54, 1.807) is 6.07 Å². The predicted octanol–water partition coefficient (Wildman–Crippen LogP) is 5.84. The van der Waals surface area contributed by atoms with Crippen molar-refractivity contribution in [3.05, 3.63) is 51.5 Å². The molecule has 0 aliphatic carbocycles. The molecule has 1 fully saturated rings. The van der Waals surface area contributed by atoms with Gasteiger partial charge in [-0.2, -0.15) is 13.2 Å². The monoisotopic (exact) mass is 513 g/mol. The molecule has 1 unspecified atom stereocenters. The normalized spacial score (nSPS) is 19.5. The molecule has 2 aromatic carbocycles. The lowest BCUT2D eigenvalue weighted by Gasteiger charge is -2.35. The summed E-state index contributed by atoms with van der Waals surface area (Å²) in [7, 11) is 0. The van der Waals surface area contributed by atoms with Gasteiger partial charge in [-0.3, -0.25) is 15.0 Å². The minimum atomic E-state index is -4.48. The van der Waals surface area contributed by atoms with E-state index in [1.165, 1.54) is 13.0 Å². The zero-order valence-electron chi connectivity index (χ0n) is 18.7. The number of aryl methyl sites for hydroxylation is 1. The van der Waals surface area contributed by atoms with Gasteiger partial charge in [-0.1, -0.05) is 22.9 Å². The number of carbonyl (C=O) groups is 1. The van der Waals surface area contributed by atoms with Crippen molar-refractivity contribution in [1.29, 1.82) is 0 Å². The molecule has 6 nitrogen and oxygen atoms in total. The van der Waals surface area contributed by atoms with Crippen LogP contribution in [0.4, 0.5) is 18.3 Å². The number of rotatable bonds is 4. The van der Waals surface area contributed by atoms with Gasteiger partial charge in [0.15, 0.2) is 5.13 Å². The molecule has 1 saturated heterocycles. The molecule has 0 radical (unpaired) electrons. The Labute approximate surface area is 203 Å². The Bertz CT molecular complexity index is 1240. The maximum Gasteiger partial charge on any atom is 0.416 e. The zero-order valence-corrected chi connectivity index (χ0v) is 20.2. The molecular weight excluding hydrogens is 491 g/mol. The van der Waals surface area contributed by atoms with Crippen molar-refractivity contribution in [1.82, 2.24) is 9.88 Å². The highest BCUT2D eigenvalue weighted by molar-refractivity contribution is 7.22. The highest BCUT2D eigenvalue weighted by atomic mass is 35.5. The number of hydrogen-bond acceptors (Lipinski definition) is 6. The second kappa shape index (κ2) is 9.33. The summed E-state index contributed by atoms with van der Waals surface area (Å²) in [6, 6.07) is 4.99. The lowest BCUT2D eigenvalue weighted by molar-refractivity contribution is -0.137. The van der Waals surface area contributed by atoms with Gasteiger partial charge >= 0.3 is 6.18 Å². The van der Waals surface area contributed by atoms with E-state index < -0.39 is 17.6 Å². The van der Waals surface area contributed by atoms with E-state index in [0.29, 0.717) is 41.0 Å². The summed E-state index contributed by atoms with van der Waals surface area (Å²) < 4.78 is 45.4. The third-order valence-corrected chi connectivity index (χ3v) is 6.66. The highest BCUT2D eigenvalue weighted by Crippen LogP contribution is 2.37. The number of anilines is 1. The number of nitrogens with one attached hydrogen (secondary N) is 1. The Morgan fingerprint density at radius 2 is 1.94 bits per heavy atom. The molecule has 1 aliphatic heterocycles.